The van der Waals surface area contributed by atoms with Crippen LogP contribution in [-0.2, 0) is 9.53 Å². The van der Waals surface area contributed by atoms with E-state index in [4.69, 9.17) is 4.74 Å². The van der Waals surface area contributed by atoms with E-state index in [0.29, 0.717) is 12.5 Å². The number of hydrogen-bond acceptors (Lipinski definition) is 4. The third-order valence-electron chi connectivity index (χ3n) is 3.18. The zero-order valence-electron chi connectivity index (χ0n) is 15.0. The van der Waals surface area contributed by atoms with Crippen LogP contribution in [-0.4, -0.2) is 75.7 Å². The van der Waals surface area contributed by atoms with Crippen molar-refractivity contribution in [1.82, 2.24) is 15.5 Å². The summed E-state index contributed by atoms with van der Waals surface area (Å²) in [6.07, 6.45) is 2.12. The number of thioether (sulfide) groups is 1. The third kappa shape index (κ3) is 9.15. The molecule has 0 spiro atoms. The number of rotatable bonds is 8. The second-order valence-corrected chi connectivity index (χ2v) is 7.33. The van der Waals surface area contributed by atoms with Crippen molar-refractivity contribution in [1.29, 1.82) is 0 Å². The van der Waals surface area contributed by atoms with Crippen molar-refractivity contribution in [2.24, 2.45) is 10.4 Å². The van der Waals surface area contributed by atoms with Crippen LogP contribution in [0.25, 0.3) is 0 Å². The molecule has 0 saturated carbocycles. The fourth-order valence-corrected chi connectivity index (χ4v) is 1.97. The number of likely N-dealkylation sites (N-methyl/N-ethyl adjacent to an activating group) is 1. The van der Waals surface area contributed by atoms with E-state index in [1.54, 1.807) is 33.0 Å². The highest BCUT2D eigenvalue weighted by Gasteiger charge is 2.24. The van der Waals surface area contributed by atoms with Gasteiger partial charge in [-0.25, -0.2) is 4.99 Å². The van der Waals surface area contributed by atoms with Gasteiger partial charge in [0.2, 0.25) is 5.91 Å². The predicted octanol–water partition coefficient (Wildman–Crippen LogP) is 1.03. The maximum atomic E-state index is 11.7. The van der Waals surface area contributed by atoms with E-state index in [9.17, 15) is 4.79 Å². The molecule has 1 amide bonds. The molecule has 1 atom stereocenters. The molecule has 2 N–H and O–H groups in total. The van der Waals surface area contributed by atoms with E-state index in [-0.39, 0.29) is 24.0 Å². The molecule has 130 valence electrons. The largest absolute Gasteiger partial charge is 0.379 e. The molecule has 0 aliphatic rings. The van der Waals surface area contributed by atoms with Gasteiger partial charge in [-0.05, 0) is 11.7 Å². The molecule has 0 rings (SSSR count). The van der Waals surface area contributed by atoms with Crippen LogP contribution in [0.2, 0.25) is 0 Å². The van der Waals surface area contributed by atoms with Gasteiger partial charge >= 0.3 is 0 Å². The Labute approximate surface area is 139 Å². The van der Waals surface area contributed by atoms with Gasteiger partial charge in [0.1, 0.15) is 6.54 Å². The summed E-state index contributed by atoms with van der Waals surface area (Å²) in [6.45, 7) is 7.98. The third-order valence-corrected chi connectivity index (χ3v) is 3.79. The molecule has 0 radical (unpaired) electrons. The average Bonchev–Trinajstić information content (AvgIpc) is 2.42. The minimum Gasteiger partial charge on any atom is -0.379 e. The molecule has 0 saturated heterocycles. The van der Waals surface area contributed by atoms with Crippen molar-refractivity contribution in [2.45, 2.75) is 26.9 Å². The normalized spacial score (nSPS) is 13.7. The summed E-state index contributed by atoms with van der Waals surface area (Å²) >= 11 is 1.76. The Morgan fingerprint density at radius 2 is 1.95 bits per heavy atom. The van der Waals surface area contributed by atoms with Gasteiger partial charge in [0.25, 0.3) is 0 Å². The summed E-state index contributed by atoms with van der Waals surface area (Å²) in [4.78, 5) is 17.5. The number of amides is 1. The van der Waals surface area contributed by atoms with Crippen LogP contribution in [0, 0.1) is 5.41 Å². The number of methoxy groups -OCH3 is 1. The maximum Gasteiger partial charge on any atom is 0.243 e. The monoisotopic (exact) mass is 332 g/mol. The average molecular weight is 333 g/mol. The van der Waals surface area contributed by atoms with E-state index in [0.717, 1.165) is 12.3 Å². The van der Waals surface area contributed by atoms with Gasteiger partial charge in [-0.15, -0.1) is 0 Å². The number of nitrogens with zero attached hydrogens (tertiary/aromatic N) is 2. The highest BCUT2D eigenvalue weighted by molar-refractivity contribution is 7.98. The summed E-state index contributed by atoms with van der Waals surface area (Å²) in [7, 11) is 5.17. The Morgan fingerprint density at radius 3 is 2.41 bits per heavy atom. The van der Waals surface area contributed by atoms with Crippen LogP contribution in [0.15, 0.2) is 4.99 Å². The van der Waals surface area contributed by atoms with Crippen molar-refractivity contribution in [3.05, 3.63) is 0 Å². The molecule has 22 heavy (non-hydrogen) atoms. The topological polar surface area (TPSA) is 66.0 Å². The lowest BCUT2D eigenvalue weighted by Gasteiger charge is -2.30. The standard InChI is InChI=1S/C15H32N4O2S/c1-15(2,3)12(21-6)10-17-14(16-8-9-22-7)18-11-13(20)19(4)5/h12H,8-11H2,1-7H3,(H2,16,17,18). The quantitative estimate of drug-likeness (QED) is 0.395. The molecule has 0 aliphatic carbocycles. The Balaban J connectivity index is 4.64. The lowest BCUT2D eigenvalue weighted by molar-refractivity contribution is -0.127. The first-order valence-corrected chi connectivity index (χ1v) is 8.85. The Bertz CT molecular complexity index is 354. The van der Waals surface area contributed by atoms with Gasteiger partial charge < -0.3 is 20.3 Å². The molecule has 0 fully saturated rings. The molecular formula is C15H32N4O2S. The molecular weight excluding hydrogens is 300 g/mol. The van der Waals surface area contributed by atoms with Crippen LogP contribution in [0.5, 0.6) is 0 Å². The fraction of sp³-hybridized carbons (Fsp3) is 0.867. The SMILES string of the molecule is COC(CNC(=NCC(=O)N(C)C)NCCSC)C(C)(C)C. The van der Waals surface area contributed by atoms with Crippen LogP contribution in [0.1, 0.15) is 20.8 Å². The van der Waals surface area contributed by atoms with Crippen molar-refractivity contribution in [2.75, 3.05) is 52.8 Å². The number of aliphatic imine (C=N–C) groups is 1. The number of guanidine groups is 1. The molecule has 6 nitrogen and oxygen atoms in total. The molecule has 0 heterocycles. The highest BCUT2D eigenvalue weighted by Crippen LogP contribution is 2.20. The molecule has 1 unspecified atom stereocenters. The maximum absolute atomic E-state index is 11.7. The van der Waals surface area contributed by atoms with E-state index >= 15 is 0 Å². The Hall–Kier alpha value is -0.950. The molecule has 0 aromatic carbocycles. The summed E-state index contributed by atoms with van der Waals surface area (Å²) in [5, 5.41) is 6.50. The second kappa shape index (κ2) is 10.7. The Kier molecular flexibility index (Phi) is 10.3. The minimum atomic E-state index is -0.0231. The summed E-state index contributed by atoms with van der Waals surface area (Å²) in [5.74, 6) is 1.61. The van der Waals surface area contributed by atoms with Crippen LogP contribution in [0.4, 0.5) is 0 Å². The highest BCUT2D eigenvalue weighted by atomic mass is 32.2. The smallest absolute Gasteiger partial charge is 0.243 e. The van der Waals surface area contributed by atoms with Crippen molar-refractivity contribution in [3.8, 4) is 0 Å². The van der Waals surface area contributed by atoms with E-state index in [1.807, 2.05) is 0 Å². The summed E-state index contributed by atoms with van der Waals surface area (Å²) in [6, 6.07) is 0. The first kappa shape index (κ1) is 21.0. The number of carbonyl (C=O) groups is 1. The molecule has 7 heteroatoms. The van der Waals surface area contributed by atoms with Crippen molar-refractivity contribution < 1.29 is 9.53 Å². The van der Waals surface area contributed by atoms with E-state index in [1.165, 1.54) is 4.90 Å². The summed E-state index contributed by atoms with van der Waals surface area (Å²) < 4.78 is 5.53. The Morgan fingerprint density at radius 1 is 1.32 bits per heavy atom. The molecule has 0 aliphatic heterocycles. The lowest BCUT2D eigenvalue weighted by Crippen LogP contribution is -2.46. The van der Waals surface area contributed by atoms with Gasteiger partial charge in [0.15, 0.2) is 5.96 Å². The first-order valence-electron chi connectivity index (χ1n) is 7.46. The van der Waals surface area contributed by atoms with Crippen LogP contribution in [0.3, 0.4) is 0 Å². The number of nitrogens with one attached hydrogen (secondary N) is 2. The van der Waals surface area contributed by atoms with Crippen molar-refractivity contribution in [3.63, 3.8) is 0 Å². The number of carbonyl (C=O) groups excluding carboxylic acids is 1. The van der Waals surface area contributed by atoms with Gasteiger partial charge in [0, 0.05) is 40.0 Å². The van der Waals surface area contributed by atoms with Gasteiger partial charge in [-0.2, -0.15) is 11.8 Å². The van der Waals surface area contributed by atoms with E-state index < -0.39 is 0 Å². The molecule has 0 aromatic rings. The first-order chi connectivity index (χ1) is 10.2. The zero-order valence-corrected chi connectivity index (χ0v) is 15.8. The minimum absolute atomic E-state index is 0.0231. The van der Waals surface area contributed by atoms with Crippen LogP contribution < -0.4 is 10.6 Å². The zero-order chi connectivity index (χ0) is 17.2. The predicted molar refractivity (Wildman–Crippen MR) is 95.6 cm³/mol. The van der Waals surface area contributed by atoms with Crippen LogP contribution >= 0.6 is 11.8 Å². The van der Waals surface area contributed by atoms with Gasteiger partial charge in [0.05, 0.1) is 6.10 Å². The molecule has 0 bridgehead atoms. The lowest BCUT2D eigenvalue weighted by atomic mass is 9.89. The van der Waals surface area contributed by atoms with Crippen molar-refractivity contribution >= 4 is 23.6 Å². The van der Waals surface area contributed by atoms with Gasteiger partial charge in [-0.3, -0.25) is 4.79 Å². The number of hydrogen-bond donors (Lipinski definition) is 2. The molecule has 0 aromatic heterocycles. The number of ether oxygens (including phenoxy) is 1. The second-order valence-electron chi connectivity index (χ2n) is 6.34. The summed E-state index contributed by atoms with van der Waals surface area (Å²) in [5.41, 5.74) is 0.0333. The fourth-order valence-electron chi connectivity index (χ4n) is 1.67. The van der Waals surface area contributed by atoms with Gasteiger partial charge in [-0.1, -0.05) is 20.8 Å². The van der Waals surface area contributed by atoms with E-state index in [2.05, 4.69) is 42.7 Å².